The fourth-order valence-electron chi connectivity index (χ4n) is 4.35. The van der Waals surface area contributed by atoms with Crippen LogP contribution in [0.2, 0.25) is 0 Å². The Morgan fingerprint density at radius 2 is 1.94 bits per heavy atom. The van der Waals surface area contributed by atoms with E-state index < -0.39 is 0 Å². The first-order valence-corrected chi connectivity index (χ1v) is 12.2. The normalized spacial score (nSPS) is 20.3. The number of methoxy groups -OCH3 is 2. The van der Waals surface area contributed by atoms with Gasteiger partial charge in [-0.1, -0.05) is 6.07 Å². The Balaban J connectivity index is 1.41. The lowest BCUT2D eigenvalue weighted by molar-refractivity contribution is -0.0721. The number of benzene rings is 1. The van der Waals surface area contributed by atoms with Crippen molar-refractivity contribution in [3.05, 3.63) is 23.8 Å². The molecule has 180 valence electrons. The molecule has 2 saturated heterocycles. The number of nitrogens with one attached hydrogen (secondary N) is 1. The molecule has 1 N–H and O–H groups in total. The molecular weight excluding hydrogens is 406 g/mol. The molecule has 0 spiro atoms. The minimum absolute atomic E-state index is 0.298. The van der Waals surface area contributed by atoms with Gasteiger partial charge in [-0.25, -0.2) is 0 Å². The molecule has 7 heteroatoms. The number of nitrogens with zero attached hydrogens (tertiary/aromatic N) is 2. The quantitative estimate of drug-likeness (QED) is 0.336. The van der Waals surface area contributed by atoms with Crippen LogP contribution in [-0.2, 0) is 15.9 Å². The molecule has 1 aromatic carbocycles. The Labute approximate surface area is 193 Å². The summed E-state index contributed by atoms with van der Waals surface area (Å²) in [6.07, 6.45) is 8.27. The van der Waals surface area contributed by atoms with Crippen LogP contribution in [0.5, 0.6) is 11.5 Å². The summed E-state index contributed by atoms with van der Waals surface area (Å²) in [5.41, 5.74) is 1.24. The number of aliphatic imine (C=N–C) groups is 1. The van der Waals surface area contributed by atoms with Crippen LogP contribution in [-0.4, -0.2) is 76.7 Å². The molecule has 1 aromatic rings. The molecule has 1 unspecified atom stereocenters. The van der Waals surface area contributed by atoms with E-state index in [1.807, 2.05) is 6.07 Å². The summed E-state index contributed by atoms with van der Waals surface area (Å²) in [6.45, 7) is 7.40. The second-order valence-corrected chi connectivity index (χ2v) is 8.54. The third-order valence-corrected chi connectivity index (χ3v) is 6.20. The Bertz CT molecular complexity index is 698. The van der Waals surface area contributed by atoms with E-state index in [9.17, 15) is 0 Å². The number of guanidine groups is 1. The maximum absolute atomic E-state index is 6.16. The highest BCUT2D eigenvalue weighted by molar-refractivity contribution is 5.80. The lowest BCUT2D eigenvalue weighted by Crippen LogP contribution is -2.47. The third-order valence-electron chi connectivity index (χ3n) is 6.20. The minimum atomic E-state index is 0.298. The lowest BCUT2D eigenvalue weighted by atomic mass is 10.1. The van der Waals surface area contributed by atoms with E-state index in [-0.39, 0.29) is 0 Å². The summed E-state index contributed by atoms with van der Waals surface area (Å²) in [7, 11) is 3.33. The molecule has 0 saturated carbocycles. The second kappa shape index (κ2) is 13.5. The monoisotopic (exact) mass is 447 g/mol. The van der Waals surface area contributed by atoms with Gasteiger partial charge in [0.15, 0.2) is 17.5 Å². The molecule has 0 amide bonds. The fraction of sp³-hybridized carbons (Fsp3) is 0.720. The van der Waals surface area contributed by atoms with Crippen LogP contribution in [0.15, 0.2) is 23.2 Å². The maximum atomic E-state index is 6.16. The van der Waals surface area contributed by atoms with E-state index in [4.69, 9.17) is 23.9 Å². The molecule has 0 aromatic heterocycles. The Hall–Kier alpha value is -1.99. The van der Waals surface area contributed by atoms with Crippen LogP contribution in [0, 0.1) is 0 Å². The van der Waals surface area contributed by atoms with Gasteiger partial charge in [0.2, 0.25) is 0 Å². The molecule has 1 atom stereocenters. The average Bonchev–Trinajstić information content (AvgIpc) is 2.85. The lowest BCUT2D eigenvalue weighted by Gasteiger charge is -2.35. The van der Waals surface area contributed by atoms with E-state index in [0.29, 0.717) is 12.2 Å². The Kier molecular flexibility index (Phi) is 10.4. The zero-order valence-electron chi connectivity index (χ0n) is 20.1. The number of hydrogen-bond acceptors (Lipinski definition) is 5. The molecule has 2 heterocycles. The standard InChI is InChI=1S/C25H41N3O4/c1-4-26-25(27-14-7-8-20-10-11-23(29-2)24(18-20)30-3)28-15-12-21(13-16-28)32-19-22-9-5-6-17-31-22/h10-11,18,21-22H,4-9,12-17,19H2,1-3H3,(H,26,27). The average molecular weight is 448 g/mol. The van der Waals surface area contributed by atoms with Gasteiger partial charge in [0.05, 0.1) is 33.0 Å². The van der Waals surface area contributed by atoms with Crippen molar-refractivity contribution in [3.8, 4) is 11.5 Å². The van der Waals surface area contributed by atoms with E-state index >= 15 is 0 Å². The first-order valence-electron chi connectivity index (χ1n) is 12.2. The second-order valence-electron chi connectivity index (χ2n) is 8.54. The van der Waals surface area contributed by atoms with Crippen LogP contribution in [0.4, 0.5) is 0 Å². The number of rotatable bonds is 10. The van der Waals surface area contributed by atoms with E-state index in [0.717, 1.165) is 89.0 Å². The van der Waals surface area contributed by atoms with Gasteiger partial charge in [-0.3, -0.25) is 4.99 Å². The molecule has 0 aliphatic carbocycles. The zero-order valence-corrected chi connectivity index (χ0v) is 20.1. The van der Waals surface area contributed by atoms with E-state index in [1.165, 1.54) is 18.4 Å². The summed E-state index contributed by atoms with van der Waals surface area (Å²) in [6, 6.07) is 6.12. The highest BCUT2D eigenvalue weighted by atomic mass is 16.5. The van der Waals surface area contributed by atoms with Crippen molar-refractivity contribution in [2.75, 3.05) is 53.6 Å². The summed E-state index contributed by atoms with van der Waals surface area (Å²) >= 11 is 0. The first kappa shape index (κ1) is 24.6. The van der Waals surface area contributed by atoms with Crippen molar-refractivity contribution in [2.24, 2.45) is 4.99 Å². The third kappa shape index (κ3) is 7.55. The van der Waals surface area contributed by atoms with Gasteiger partial charge in [-0.15, -0.1) is 0 Å². The summed E-state index contributed by atoms with van der Waals surface area (Å²) in [4.78, 5) is 7.26. The van der Waals surface area contributed by atoms with Crippen LogP contribution >= 0.6 is 0 Å². The number of ether oxygens (including phenoxy) is 4. The van der Waals surface area contributed by atoms with Crippen molar-refractivity contribution in [1.29, 1.82) is 0 Å². The van der Waals surface area contributed by atoms with Crippen molar-refractivity contribution >= 4 is 5.96 Å². The van der Waals surface area contributed by atoms with Gasteiger partial charge in [-0.05, 0) is 69.6 Å². The van der Waals surface area contributed by atoms with Gasteiger partial charge < -0.3 is 29.2 Å². The smallest absolute Gasteiger partial charge is 0.193 e. The Morgan fingerprint density at radius 1 is 1.12 bits per heavy atom. The molecule has 2 aliphatic rings. The van der Waals surface area contributed by atoms with Crippen molar-refractivity contribution < 1.29 is 18.9 Å². The van der Waals surface area contributed by atoms with Gasteiger partial charge in [0.25, 0.3) is 0 Å². The van der Waals surface area contributed by atoms with Crippen LogP contribution < -0.4 is 14.8 Å². The van der Waals surface area contributed by atoms with Crippen molar-refractivity contribution in [3.63, 3.8) is 0 Å². The topological polar surface area (TPSA) is 64.6 Å². The number of piperidine rings is 1. The SMILES string of the molecule is CCNC(=NCCCc1ccc(OC)c(OC)c1)N1CCC(OCC2CCCCO2)CC1. The molecule has 2 fully saturated rings. The molecule has 0 bridgehead atoms. The van der Waals surface area contributed by atoms with Crippen LogP contribution in [0.3, 0.4) is 0 Å². The Morgan fingerprint density at radius 3 is 2.62 bits per heavy atom. The maximum Gasteiger partial charge on any atom is 0.193 e. The van der Waals surface area contributed by atoms with E-state index in [1.54, 1.807) is 14.2 Å². The minimum Gasteiger partial charge on any atom is -0.493 e. The van der Waals surface area contributed by atoms with Gasteiger partial charge in [0.1, 0.15) is 0 Å². The molecule has 7 nitrogen and oxygen atoms in total. The molecular formula is C25H41N3O4. The van der Waals surface area contributed by atoms with Crippen molar-refractivity contribution in [1.82, 2.24) is 10.2 Å². The highest BCUT2D eigenvalue weighted by Gasteiger charge is 2.23. The van der Waals surface area contributed by atoms with Gasteiger partial charge >= 0.3 is 0 Å². The van der Waals surface area contributed by atoms with Crippen LogP contribution in [0.25, 0.3) is 0 Å². The predicted molar refractivity (Wildman–Crippen MR) is 128 cm³/mol. The fourth-order valence-corrected chi connectivity index (χ4v) is 4.35. The number of likely N-dealkylation sites (tertiary alicyclic amines) is 1. The number of aryl methyl sites for hydroxylation is 1. The predicted octanol–water partition coefficient (Wildman–Crippen LogP) is 3.65. The van der Waals surface area contributed by atoms with Gasteiger partial charge in [0, 0.05) is 32.8 Å². The molecule has 32 heavy (non-hydrogen) atoms. The first-order chi connectivity index (χ1) is 15.7. The summed E-state index contributed by atoms with van der Waals surface area (Å²) in [5.74, 6) is 2.57. The highest BCUT2D eigenvalue weighted by Crippen LogP contribution is 2.28. The molecule has 0 radical (unpaired) electrons. The number of hydrogen-bond donors (Lipinski definition) is 1. The zero-order chi connectivity index (χ0) is 22.6. The van der Waals surface area contributed by atoms with Gasteiger partial charge in [-0.2, -0.15) is 0 Å². The van der Waals surface area contributed by atoms with E-state index in [2.05, 4.69) is 29.3 Å². The molecule has 2 aliphatic heterocycles. The largest absolute Gasteiger partial charge is 0.493 e. The molecule has 3 rings (SSSR count). The summed E-state index contributed by atoms with van der Waals surface area (Å²) in [5, 5.41) is 3.46. The summed E-state index contributed by atoms with van der Waals surface area (Å²) < 4.78 is 22.7. The van der Waals surface area contributed by atoms with Crippen LogP contribution in [0.1, 0.15) is 51.0 Å². The van der Waals surface area contributed by atoms with Crippen molar-refractivity contribution in [2.45, 2.75) is 64.1 Å².